The monoisotopic (exact) mass is 338 g/mol. The van der Waals surface area contributed by atoms with E-state index in [2.05, 4.69) is 4.72 Å². The van der Waals surface area contributed by atoms with Crippen LogP contribution in [0.3, 0.4) is 0 Å². The van der Waals surface area contributed by atoms with E-state index in [1.165, 1.54) is 6.26 Å². The summed E-state index contributed by atoms with van der Waals surface area (Å²) in [6, 6.07) is 9.65. The zero-order valence-electron chi connectivity index (χ0n) is 13.1. The van der Waals surface area contributed by atoms with Crippen LogP contribution in [0.2, 0.25) is 0 Å². The van der Waals surface area contributed by atoms with Gasteiger partial charge in [0.25, 0.3) is 0 Å². The topological polar surface area (TPSA) is 75.7 Å². The molecule has 1 heterocycles. The van der Waals surface area contributed by atoms with Crippen molar-refractivity contribution < 1.29 is 17.9 Å². The molecular formula is C16H22N2O4S. The van der Waals surface area contributed by atoms with Crippen molar-refractivity contribution in [3.63, 3.8) is 0 Å². The predicted molar refractivity (Wildman–Crippen MR) is 86.2 cm³/mol. The quantitative estimate of drug-likeness (QED) is 0.904. The molecule has 2 fully saturated rings. The number of hydrogen-bond donors (Lipinski definition) is 1. The molecule has 2 unspecified atom stereocenters. The van der Waals surface area contributed by atoms with E-state index in [4.69, 9.17) is 4.74 Å². The summed E-state index contributed by atoms with van der Waals surface area (Å²) in [5.41, 5.74) is 0.968. The smallest absolute Gasteiger partial charge is 0.410 e. The normalized spacial score (nSPS) is 27.0. The highest BCUT2D eigenvalue weighted by Crippen LogP contribution is 2.46. The predicted octanol–water partition coefficient (Wildman–Crippen LogP) is 1.58. The molecule has 0 bridgehead atoms. The van der Waals surface area contributed by atoms with Crippen molar-refractivity contribution >= 4 is 16.1 Å². The van der Waals surface area contributed by atoms with Crippen LogP contribution in [0.25, 0.3) is 0 Å². The van der Waals surface area contributed by atoms with Crippen LogP contribution < -0.4 is 4.72 Å². The molecule has 1 aliphatic heterocycles. The maximum Gasteiger partial charge on any atom is 0.410 e. The lowest BCUT2D eigenvalue weighted by Gasteiger charge is -2.21. The highest BCUT2D eigenvalue weighted by atomic mass is 32.2. The van der Waals surface area contributed by atoms with Crippen molar-refractivity contribution in [1.29, 1.82) is 0 Å². The molecule has 1 aliphatic carbocycles. The number of carbonyl (C=O) groups is 1. The summed E-state index contributed by atoms with van der Waals surface area (Å²) >= 11 is 0. The van der Waals surface area contributed by atoms with Crippen LogP contribution in [-0.4, -0.2) is 44.8 Å². The van der Waals surface area contributed by atoms with E-state index in [-0.39, 0.29) is 18.7 Å². The van der Waals surface area contributed by atoms with Gasteiger partial charge in [-0.1, -0.05) is 30.3 Å². The van der Waals surface area contributed by atoms with E-state index in [1.54, 1.807) is 4.90 Å². The molecule has 1 aromatic carbocycles. The minimum absolute atomic E-state index is 0.0486. The molecule has 1 aromatic rings. The number of nitrogens with zero attached hydrogens (tertiary/aromatic N) is 1. The van der Waals surface area contributed by atoms with E-state index in [1.807, 2.05) is 30.3 Å². The summed E-state index contributed by atoms with van der Waals surface area (Å²) in [7, 11) is -3.16. The van der Waals surface area contributed by atoms with E-state index >= 15 is 0 Å². The molecule has 2 atom stereocenters. The summed E-state index contributed by atoms with van der Waals surface area (Å²) in [4.78, 5) is 13.9. The Kier molecular flexibility index (Phi) is 4.59. The van der Waals surface area contributed by atoms with Crippen molar-refractivity contribution in [2.75, 3.05) is 19.3 Å². The Morgan fingerprint density at radius 2 is 1.83 bits per heavy atom. The first-order valence-electron chi connectivity index (χ1n) is 7.87. The number of nitrogens with one attached hydrogen (secondary N) is 1. The average Bonchev–Trinajstić information content (AvgIpc) is 3.20. The minimum Gasteiger partial charge on any atom is -0.445 e. The SMILES string of the molecule is CS(=O)(=O)NC1C2CCN(C(=O)OCc3ccccc3)CCC21. The van der Waals surface area contributed by atoms with Crippen molar-refractivity contribution in [1.82, 2.24) is 9.62 Å². The fourth-order valence-corrected chi connectivity index (χ4v) is 4.21. The van der Waals surface area contributed by atoms with Gasteiger partial charge in [0.1, 0.15) is 6.61 Å². The summed E-state index contributed by atoms with van der Waals surface area (Å²) in [6.45, 7) is 1.52. The van der Waals surface area contributed by atoms with Gasteiger partial charge in [-0.3, -0.25) is 0 Å². The van der Waals surface area contributed by atoms with Crippen molar-refractivity contribution in [3.8, 4) is 0 Å². The fraction of sp³-hybridized carbons (Fsp3) is 0.562. The lowest BCUT2D eigenvalue weighted by atomic mass is 10.2. The molecule has 0 spiro atoms. The maximum atomic E-state index is 12.1. The zero-order chi connectivity index (χ0) is 16.4. The first-order valence-corrected chi connectivity index (χ1v) is 9.76. The third-order valence-corrected chi connectivity index (χ3v) is 5.31. The second-order valence-electron chi connectivity index (χ2n) is 6.35. The Balaban J connectivity index is 1.46. The molecule has 6 nitrogen and oxygen atoms in total. The van der Waals surface area contributed by atoms with E-state index < -0.39 is 10.0 Å². The molecule has 1 saturated heterocycles. The number of rotatable bonds is 4. The third kappa shape index (κ3) is 4.23. The van der Waals surface area contributed by atoms with E-state index in [0.29, 0.717) is 24.9 Å². The van der Waals surface area contributed by atoms with Crippen LogP contribution in [-0.2, 0) is 21.4 Å². The maximum absolute atomic E-state index is 12.1. The number of likely N-dealkylation sites (tertiary alicyclic amines) is 1. The van der Waals surface area contributed by atoms with Crippen molar-refractivity contribution in [2.24, 2.45) is 11.8 Å². The van der Waals surface area contributed by atoms with Crippen LogP contribution in [0.4, 0.5) is 4.79 Å². The average molecular weight is 338 g/mol. The molecule has 1 amide bonds. The fourth-order valence-electron chi connectivity index (χ4n) is 3.37. The lowest BCUT2D eigenvalue weighted by molar-refractivity contribution is 0.0961. The Morgan fingerprint density at radius 3 is 2.39 bits per heavy atom. The highest BCUT2D eigenvalue weighted by Gasteiger charge is 2.52. The van der Waals surface area contributed by atoms with Gasteiger partial charge in [-0.15, -0.1) is 0 Å². The van der Waals surface area contributed by atoms with Crippen LogP contribution in [0, 0.1) is 11.8 Å². The van der Waals surface area contributed by atoms with E-state index in [0.717, 1.165) is 18.4 Å². The Hall–Kier alpha value is -1.60. The van der Waals surface area contributed by atoms with Gasteiger partial charge in [-0.05, 0) is 30.2 Å². The van der Waals surface area contributed by atoms with Gasteiger partial charge in [0.05, 0.1) is 6.26 Å². The lowest BCUT2D eigenvalue weighted by Crippen LogP contribution is -2.35. The van der Waals surface area contributed by atoms with Crippen LogP contribution >= 0.6 is 0 Å². The molecule has 126 valence electrons. The molecule has 2 aliphatic rings. The molecule has 23 heavy (non-hydrogen) atoms. The van der Waals surface area contributed by atoms with Gasteiger partial charge in [-0.2, -0.15) is 0 Å². The van der Waals surface area contributed by atoms with E-state index in [9.17, 15) is 13.2 Å². The number of benzene rings is 1. The Morgan fingerprint density at radius 1 is 1.22 bits per heavy atom. The minimum atomic E-state index is -3.16. The van der Waals surface area contributed by atoms with Gasteiger partial charge in [0.15, 0.2) is 0 Å². The number of hydrogen-bond acceptors (Lipinski definition) is 4. The second-order valence-corrected chi connectivity index (χ2v) is 8.13. The number of ether oxygens (including phenoxy) is 1. The third-order valence-electron chi connectivity index (χ3n) is 4.61. The number of sulfonamides is 1. The zero-order valence-corrected chi connectivity index (χ0v) is 14.0. The van der Waals surface area contributed by atoms with Crippen LogP contribution in [0.15, 0.2) is 30.3 Å². The molecule has 0 radical (unpaired) electrons. The first kappa shape index (κ1) is 16.3. The standard InChI is InChI=1S/C16H22N2O4S/c1-23(20,21)17-15-13-7-9-18(10-8-14(13)15)16(19)22-11-12-5-3-2-4-6-12/h2-6,13-15,17H,7-11H2,1H3. The molecule has 0 aromatic heterocycles. The first-order chi connectivity index (χ1) is 10.9. The molecular weight excluding hydrogens is 316 g/mol. The Labute approximate surface area is 136 Å². The highest BCUT2D eigenvalue weighted by molar-refractivity contribution is 7.88. The van der Waals surface area contributed by atoms with Gasteiger partial charge in [-0.25, -0.2) is 17.9 Å². The second kappa shape index (κ2) is 6.49. The summed E-state index contributed by atoms with van der Waals surface area (Å²) < 4.78 is 30.7. The van der Waals surface area contributed by atoms with Gasteiger partial charge < -0.3 is 9.64 Å². The Bertz CT molecular complexity index is 648. The van der Waals surface area contributed by atoms with Gasteiger partial charge >= 0.3 is 6.09 Å². The molecule has 1 N–H and O–H groups in total. The summed E-state index contributed by atoms with van der Waals surface area (Å²) in [6.07, 6.45) is 2.54. The summed E-state index contributed by atoms with van der Waals surface area (Å²) in [5, 5.41) is 0. The van der Waals surface area contributed by atoms with Gasteiger partial charge in [0.2, 0.25) is 10.0 Å². The largest absolute Gasteiger partial charge is 0.445 e. The van der Waals surface area contributed by atoms with Gasteiger partial charge in [0, 0.05) is 19.1 Å². The number of amides is 1. The van der Waals surface area contributed by atoms with Crippen molar-refractivity contribution in [2.45, 2.75) is 25.5 Å². The summed E-state index contributed by atoms with van der Waals surface area (Å²) in [5.74, 6) is 0.688. The van der Waals surface area contributed by atoms with Crippen LogP contribution in [0.1, 0.15) is 18.4 Å². The molecule has 3 rings (SSSR count). The number of carbonyl (C=O) groups excluding carboxylic acids is 1. The van der Waals surface area contributed by atoms with Crippen LogP contribution in [0.5, 0.6) is 0 Å². The molecule has 7 heteroatoms. The molecule has 1 saturated carbocycles. The van der Waals surface area contributed by atoms with Crippen molar-refractivity contribution in [3.05, 3.63) is 35.9 Å². The number of fused-ring (bicyclic) bond motifs is 1.